The molecule has 3 N–H and O–H groups in total. The Balaban J connectivity index is 1.92. The monoisotopic (exact) mass is 257 g/mol. The van der Waals surface area contributed by atoms with E-state index in [9.17, 15) is 4.79 Å². The molecule has 1 aromatic heterocycles. The Morgan fingerprint density at radius 3 is 2.63 bits per heavy atom. The van der Waals surface area contributed by atoms with Gasteiger partial charge in [-0.3, -0.25) is 4.79 Å². The largest absolute Gasteiger partial charge is 0.399 e. The number of carbonyl (C=O) groups excluding carboxylic acids is 1. The molecule has 0 atom stereocenters. The Labute approximate surface area is 112 Å². The predicted octanol–water partition coefficient (Wildman–Crippen LogP) is 2.77. The second kappa shape index (κ2) is 4.96. The number of nitrogens with zero attached hydrogens (tertiary/aromatic N) is 1. The summed E-state index contributed by atoms with van der Waals surface area (Å²) in [6.07, 6.45) is 6.49. The summed E-state index contributed by atoms with van der Waals surface area (Å²) in [5, 5.41) is 0.962. The highest BCUT2D eigenvalue weighted by atomic mass is 16.2. The van der Waals surface area contributed by atoms with E-state index >= 15 is 0 Å². The molecule has 2 heterocycles. The molecule has 0 spiro atoms. The van der Waals surface area contributed by atoms with Crippen molar-refractivity contribution >= 4 is 22.5 Å². The Morgan fingerprint density at radius 2 is 1.89 bits per heavy atom. The van der Waals surface area contributed by atoms with Crippen LogP contribution in [0.3, 0.4) is 0 Å². The fourth-order valence-electron chi connectivity index (χ4n) is 2.76. The third kappa shape index (κ3) is 2.30. The zero-order valence-corrected chi connectivity index (χ0v) is 11.0. The highest BCUT2D eigenvalue weighted by Crippen LogP contribution is 2.23. The van der Waals surface area contributed by atoms with E-state index in [-0.39, 0.29) is 5.91 Å². The maximum Gasteiger partial charge on any atom is 0.256 e. The standard InChI is InChI=1S/C15H19N3O/c16-11-5-6-12-13(10-17-14(12)9-11)15(19)18-7-3-1-2-4-8-18/h5-6,9-10,17H,1-4,7-8,16H2. The minimum atomic E-state index is 0.137. The number of benzene rings is 1. The van der Waals surface area contributed by atoms with E-state index in [1.165, 1.54) is 12.8 Å². The van der Waals surface area contributed by atoms with Crippen LogP contribution in [0.5, 0.6) is 0 Å². The number of nitrogen functional groups attached to an aromatic ring is 1. The van der Waals surface area contributed by atoms with Crippen LogP contribution in [-0.4, -0.2) is 28.9 Å². The van der Waals surface area contributed by atoms with Crippen molar-refractivity contribution in [2.45, 2.75) is 25.7 Å². The normalized spacial score (nSPS) is 16.5. The summed E-state index contributed by atoms with van der Waals surface area (Å²) >= 11 is 0. The van der Waals surface area contributed by atoms with Crippen molar-refractivity contribution in [2.24, 2.45) is 0 Å². The average molecular weight is 257 g/mol. The first-order valence-electron chi connectivity index (χ1n) is 6.91. The SMILES string of the molecule is Nc1ccc2c(C(=O)N3CCCCCC3)c[nH]c2c1. The number of aromatic nitrogens is 1. The van der Waals surface area contributed by atoms with Crippen LogP contribution in [0.25, 0.3) is 10.9 Å². The van der Waals surface area contributed by atoms with Crippen molar-refractivity contribution in [3.05, 3.63) is 30.0 Å². The summed E-state index contributed by atoms with van der Waals surface area (Å²) in [4.78, 5) is 17.7. The number of amides is 1. The van der Waals surface area contributed by atoms with E-state index in [4.69, 9.17) is 5.73 Å². The molecule has 1 aliphatic rings. The third-order valence-corrected chi connectivity index (χ3v) is 3.83. The van der Waals surface area contributed by atoms with Crippen molar-refractivity contribution in [3.8, 4) is 0 Å². The first-order chi connectivity index (χ1) is 9.25. The molecule has 4 nitrogen and oxygen atoms in total. The lowest BCUT2D eigenvalue weighted by Gasteiger charge is -2.19. The summed E-state index contributed by atoms with van der Waals surface area (Å²) in [7, 11) is 0. The Bertz CT molecular complexity index is 594. The Kier molecular flexibility index (Phi) is 3.15. The second-order valence-electron chi connectivity index (χ2n) is 5.21. The molecule has 0 saturated carbocycles. The molecule has 4 heteroatoms. The van der Waals surface area contributed by atoms with Gasteiger partial charge in [-0.15, -0.1) is 0 Å². The van der Waals surface area contributed by atoms with E-state index in [0.717, 1.165) is 42.4 Å². The van der Waals surface area contributed by atoms with E-state index in [0.29, 0.717) is 5.69 Å². The summed E-state index contributed by atoms with van der Waals surface area (Å²) in [6.45, 7) is 1.75. The molecule has 0 bridgehead atoms. The lowest BCUT2D eigenvalue weighted by Crippen LogP contribution is -2.31. The first-order valence-corrected chi connectivity index (χ1v) is 6.91. The van der Waals surface area contributed by atoms with Crippen molar-refractivity contribution in [1.29, 1.82) is 0 Å². The number of carbonyl (C=O) groups is 1. The number of fused-ring (bicyclic) bond motifs is 1. The number of rotatable bonds is 1. The quantitative estimate of drug-likeness (QED) is 0.772. The van der Waals surface area contributed by atoms with Crippen molar-refractivity contribution in [1.82, 2.24) is 9.88 Å². The van der Waals surface area contributed by atoms with Gasteiger partial charge in [0.05, 0.1) is 5.56 Å². The average Bonchev–Trinajstić information content (AvgIpc) is 2.64. The lowest BCUT2D eigenvalue weighted by molar-refractivity contribution is 0.0763. The van der Waals surface area contributed by atoms with Gasteiger partial charge in [0.15, 0.2) is 0 Å². The first kappa shape index (κ1) is 12.1. The van der Waals surface area contributed by atoms with Crippen LogP contribution in [0.1, 0.15) is 36.0 Å². The number of hydrogen-bond acceptors (Lipinski definition) is 2. The van der Waals surface area contributed by atoms with Crippen LogP contribution < -0.4 is 5.73 Å². The van der Waals surface area contributed by atoms with Gasteiger partial charge in [-0.1, -0.05) is 12.8 Å². The zero-order valence-electron chi connectivity index (χ0n) is 11.0. The number of H-pyrrole nitrogens is 1. The molecule has 19 heavy (non-hydrogen) atoms. The van der Waals surface area contributed by atoms with E-state index in [1.807, 2.05) is 23.1 Å². The topological polar surface area (TPSA) is 62.1 Å². The molecule has 1 amide bonds. The van der Waals surface area contributed by atoms with Gasteiger partial charge < -0.3 is 15.6 Å². The van der Waals surface area contributed by atoms with Gasteiger partial charge >= 0.3 is 0 Å². The minimum absolute atomic E-state index is 0.137. The number of nitrogens with one attached hydrogen (secondary N) is 1. The van der Waals surface area contributed by atoms with Gasteiger partial charge in [0.2, 0.25) is 0 Å². The Morgan fingerprint density at radius 1 is 1.16 bits per heavy atom. The highest BCUT2D eigenvalue weighted by Gasteiger charge is 2.20. The van der Waals surface area contributed by atoms with Crippen LogP contribution in [0.2, 0.25) is 0 Å². The Hall–Kier alpha value is -1.97. The minimum Gasteiger partial charge on any atom is -0.399 e. The van der Waals surface area contributed by atoms with Crippen LogP contribution in [-0.2, 0) is 0 Å². The zero-order chi connectivity index (χ0) is 13.2. The molecule has 1 saturated heterocycles. The van der Waals surface area contributed by atoms with E-state index < -0.39 is 0 Å². The van der Waals surface area contributed by atoms with E-state index in [1.54, 1.807) is 6.20 Å². The predicted molar refractivity (Wildman–Crippen MR) is 77.1 cm³/mol. The smallest absolute Gasteiger partial charge is 0.256 e. The molecule has 3 rings (SSSR count). The third-order valence-electron chi connectivity index (χ3n) is 3.83. The van der Waals surface area contributed by atoms with Crippen LogP contribution in [0.4, 0.5) is 5.69 Å². The molecular weight excluding hydrogens is 238 g/mol. The van der Waals surface area contributed by atoms with Crippen molar-refractivity contribution in [3.63, 3.8) is 0 Å². The van der Waals surface area contributed by atoms with Gasteiger partial charge in [-0.05, 0) is 31.0 Å². The fourth-order valence-corrected chi connectivity index (χ4v) is 2.76. The summed E-state index contributed by atoms with van der Waals surface area (Å²) in [5.74, 6) is 0.137. The number of hydrogen-bond donors (Lipinski definition) is 2. The molecule has 100 valence electrons. The molecule has 0 radical (unpaired) electrons. The van der Waals surface area contributed by atoms with Gasteiger partial charge in [0, 0.05) is 35.9 Å². The molecule has 0 aliphatic carbocycles. The van der Waals surface area contributed by atoms with Crippen LogP contribution in [0, 0.1) is 0 Å². The number of anilines is 1. The maximum absolute atomic E-state index is 12.6. The molecule has 2 aromatic rings. The molecule has 1 fully saturated rings. The molecular formula is C15H19N3O. The second-order valence-corrected chi connectivity index (χ2v) is 5.21. The summed E-state index contributed by atoms with van der Waals surface area (Å²) < 4.78 is 0. The summed E-state index contributed by atoms with van der Waals surface area (Å²) in [5.41, 5.74) is 8.16. The van der Waals surface area contributed by atoms with Gasteiger partial charge in [-0.2, -0.15) is 0 Å². The lowest BCUT2D eigenvalue weighted by atomic mass is 10.1. The van der Waals surface area contributed by atoms with Gasteiger partial charge in [-0.25, -0.2) is 0 Å². The van der Waals surface area contributed by atoms with Crippen LogP contribution in [0.15, 0.2) is 24.4 Å². The van der Waals surface area contributed by atoms with Crippen LogP contribution >= 0.6 is 0 Å². The van der Waals surface area contributed by atoms with Crippen molar-refractivity contribution < 1.29 is 4.79 Å². The van der Waals surface area contributed by atoms with Gasteiger partial charge in [0.1, 0.15) is 0 Å². The fraction of sp³-hybridized carbons (Fsp3) is 0.400. The number of nitrogens with two attached hydrogens (primary N) is 1. The van der Waals surface area contributed by atoms with E-state index in [2.05, 4.69) is 4.98 Å². The maximum atomic E-state index is 12.6. The van der Waals surface area contributed by atoms with Crippen molar-refractivity contribution in [2.75, 3.05) is 18.8 Å². The number of aromatic amines is 1. The number of likely N-dealkylation sites (tertiary alicyclic amines) is 1. The summed E-state index contributed by atoms with van der Waals surface area (Å²) in [6, 6.07) is 5.64. The molecule has 0 unspecified atom stereocenters. The highest BCUT2D eigenvalue weighted by molar-refractivity contribution is 6.07. The molecule has 1 aromatic carbocycles. The van der Waals surface area contributed by atoms with Gasteiger partial charge in [0.25, 0.3) is 5.91 Å². The molecule has 1 aliphatic heterocycles.